The third-order valence-electron chi connectivity index (χ3n) is 3.32. The van der Waals surface area contributed by atoms with Crippen molar-refractivity contribution in [3.63, 3.8) is 0 Å². The fourth-order valence-electron chi connectivity index (χ4n) is 2.15. The summed E-state index contributed by atoms with van der Waals surface area (Å²) in [5.41, 5.74) is -0.352. The third-order valence-corrected chi connectivity index (χ3v) is 4.62. The molecule has 0 unspecified atom stereocenters. The van der Waals surface area contributed by atoms with Gasteiger partial charge in [0.15, 0.2) is 20.6 Å². The third kappa shape index (κ3) is 2.99. The summed E-state index contributed by atoms with van der Waals surface area (Å²) in [6, 6.07) is 8.23. The Morgan fingerprint density at radius 2 is 1.64 bits per heavy atom. The Labute approximate surface area is 146 Å². The molecule has 0 aliphatic carbocycles. The van der Waals surface area contributed by atoms with Gasteiger partial charge in [-0.3, -0.25) is 9.59 Å². The highest BCUT2D eigenvalue weighted by molar-refractivity contribution is 7.90. The number of amides is 2. The van der Waals surface area contributed by atoms with Crippen molar-refractivity contribution in [1.29, 1.82) is 0 Å². The second kappa shape index (κ2) is 5.94. The van der Waals surface area contributed by atoms with E-state index >= 15 is 0 Å². The van der Waals surface area contributed by atoms with E-state index in [1.165, 1.54) is 12.1 Å². The molecule has 10 heteroatoms. The van der Waals surface area contributed by atoms with E-state index in [1.807, 2.05) is 0 Å². The van der Waals surface area contributed by atoms with Gasteiger partial charge in [-0.25, -0.2) is 18.2 Å². The molecule has 0 bridgehead atoms. The maximum absolute atomic E-state index is 12.2. The van der Waals surface area contributed by atoms with Gasteiger partial charge in [-0.15, -0.1) is 0 Å². The summed E-state index contributed by atoms with van der Waals surface area (Å²) in [6.45, 7) is 0. The van der Waals surface area contributed by atoms with E-state index in [-0.39, 0.29) is 21.2 Å². The lowest BCUT2D eigenvalue weighted by Crippen LogP contribution is -2.33. The maximum Gasteiger partial charge on any atom is 0.383 e. The van der Waals surface area contributed by atoms with Crippen LogP contribution in [0.25, 0.3) is 0 Å². The van der Waals surface area contributed by atoms with E-state index in [2.05, 4.69) is 4.98 Å². The van der Waals surface area contributed by atoms with Crippen LogP contribution in [-0.4, -0.2) is 42.5 Å². The zero-order chi connectivity index (χ0) is 18.4. The number of rotatable bonds is 3. The van der Waals surface area contributed by atoms with Crippen LogP contribution in [0.3, 0.4) is 0 Å². The normalized spacial score (nSPS) is 13.8. The van der Waals surface area contributed by atoms with Crippen LogP contribution in [0, 0.1) is 0 Å². The smallest absolute Gasteiger partial charge is 0.322 e. The van der Waals surface area contributed by atoms with Crippen molar-refractivity contribution >= 4 is 39.2 Å². The largest absolute Gasteiger partial charge is 0.383 e. The number of nitrogens with zero attached hydrogens (tertiary/aromatic N) is 2. The number of carbonyl (C=O) groups is 3. The molecule has 0 atom stereocenters. The maximum atomic E-state index is 12.2. The van der Waals surface area contributed by atoms with Crippen LogP contribution in [0.2, 0.25) is 5.02 Å². The summed E-state index contributed by atoms with van der Waals surface area (Å²) in [5, 5.41) is -0.293. The Morgan fingerprint density at radius 1 is 1.08 bits per heavy atom. The number of carbonyl (C=O) groups excluding carboxylic acids is 3. The van der Waals surface area contributed by atoms with E-state index in [0.29, 0.717) is 0 Å². The van der Waals surface area contributed by atoms with Crippen molar-refractivity contribution in [3.8, 4) is 0 Å². The summed E-state index contributed by atoms with van der Waals surface area (Å²) in [5.74, 6) is -2.86. The summed E-state index contributed by atoms with van der Waals surface area (Å²) in [7, 11) is -3.69. The van der Waals surface area contributed by atoms with Gasteiger partial charge in [0.2, 0.25) is 0 Å². The van der Waals surface area contributed by atoms with Crippen molar-refractivity contribution in [2.45, 2.75) is 5.03 Å². The molecule has 2 heterocycles. The number of fused-ring (bicyclic) bond motifs is 1. The van der Waals surface area contributed by atoms with Crippen LogP contribution < -0.4 is 0 Å². The summed E-state index contributed by atoms with van der Waals surface area (Å²) >= 11 is 5.84. The van der Waals surface area contributed by atoms with E-state index < -0.39 is 38.3 Å². The van der Waals surface area contributed by atoms with E-state index in [0.717, 1.165) is 18.4 Å². The van der Waals surface area contributed by atoms with Crippen LogP contribution in [0.15, 0.2) is 41.4 Å². The van der Waals surface area contributed by atoms with Gasteiger partial charge in [0.1, 0.15) is 0 Å². The Bertz CT molecular complexity index is 999. The van der Waals surface area contributed by atoms with Crippen molar-refractivity contribution in [3.05, 3.63) is 58.2 Å². The first kappa shape index (κ1) is 17.1. The molecule has 8 nitrogen and oxygen atoms in total. The minimum absolute atomic E-state index is 0.0873. The standard InChI is InChI=1S/C15H9ClN2O6S/c1-25(22,23)11-7-6-10(16)12(17-11)15(21)24-18-13(19)8-4-2-3-5-9(8)14(18)20/h2-7H,1H3. The zero-order valence-corrected chi connectivity index (χ0v) is 14.2. The summed E-state index contributed by atoms with van der Waals surface area (Å²) in [6.07, 6.45) is 0.905. The van der Waals surface area contributed by atoms with Crippen molar-refractivity contribution in [2.24, 2.45) is 0 Å². The monoisotopic (exact) mass is 380 g/mol. The predicted molar refractivity (Wildman–Crippen MR) is 84.7 cm³/mol. The molecule has 0 N–H and O–H groups in total. The number of imide groups is 1. The quantitative estimate of drug-likeness (QED) is 0.742. The average Bonchev–Trinajstić information content (AvgIpc) is 2.79. The first-order chi connectivity index (χ1) is 11.7. The minimum atomic E-state index is -3.69. The second-order valence-electron chi connectivity index (χ2n) is 5.08. The highest BCUT2D eigenvalue weighted by atomic mass is 35.5. The molecule has 3 rings (SSSR count). The summed E-state index contributed by atoms with van der Waals surface area (Å²) in [4.78, 5) is 45.0. The second-order valence-corrected chi connectivity index (χ2v) is 7.45. The number of hydroxylamine groups is 2. The molecule has 0 saturated carbocycles. The van der Waals surface area contributed by atoms with Gasteiger partial charge < -0.3 is 4.84 Å². The van der Waals surface area contributed by atoms with E-state index in [9.17, 15) is 22.8 Å². The highest BCUT2D eigenvalue weighted by Gasteiger charge is 2.39. The Hall–Kier alpha value is -2.78. The molecule has 0 fully saturated rings. The lowest BCUT2D eigenvalue weighted by molar-refractivity contribution is -0.0588. The average molecular weight is 381 g/mol. The fourth-order valence-corrected chi connectivity index (χ4v) is 2.90. The first-order valence-electron chi connectivity index (χ1n) is 6.77. The van der Waals surface area contributed by atoms with Crippen LogP contribution >= 0.6 is 11.6 Å². The molecule has 2 amide bonds. The van der Waals surface area contributed by atoms with E-state index in [1.54, 1.807) is 12.1 Å². The molecule has 2 aromatic rings. The van der Waals surface area contributed by atoms with Crippen LogP contribution in [0.1, 0.15) is 31.2 Å². The molecule has 1 aliphatic heterocycles. The lowest BCUT2D eigenvalue weighted by Gasteiger charge is -2.13. The number of hydrogen-bond donors (Lipinski definition) is 0. The van der Waals surface area contributed by atoms with Crippen molar-refractivity contribution < 1.29 is 27.6 Å². The van der Waals surface area contributed by atoms with Crippen LogP contribution in [-0.2, 0) is 14.7 Å². The predicted octanol–water partition coefficient (Wildman–Crippen LogP) is 1.51. The summed E-state index contributed by atoms with van der Waals surface area (Å²) < 4.78 is 23.1. The molecule has 128 valence electrons. The number of halogens is 1. The molecule has 1 aromatic heterocycles. The van der Waals surface area contributed by atoms with Gasteiger partial charge in [0, 0.05) is 6.26 Å². The van der Waals surface area contributed by atoms with Crippen LogP contribution in [0.5, 0.6) is 0 Å². The first-order valence-corrected chi connectivity index (χ1v) is 9.04. The van der Waals surface area contributed by atoms with Gasteiger partial charge in [-0.1, -0.05) is 28.8 Å². The SMILES string of the molecule is CS(=O)(=O)c1ccc(Cl)c(C(=O)ON2C(=O)c3ccccc3C2=O)n1. The topological polar surface area (TPSA) is 111 Å². The van der Waals surface area contributed by atoms with E-state index in [4.69, 9.17) is 16.4 Å². The molecular formula is C15H9ClN2O6S. The Morgan fingerprint density at radius 3 is 2.16 bits per heavy atom. The fraction of sp³-hybridized carbons (Fsp3) is 0.0667. The molecule has 0 spiro atoms. The van der Waals surface area contributed by atoms with Crippen molar-refractivity contribution in [2.75, 3.05) is 6.26 Å². The Kier molecular flexibility index (Phi) is 4.05. The van der Waals surface area contributed by atoms with Gasteiger partial charge >= 0.3 is 5.97 Å². The lowest BCUT2D eigenvalue weighted by atomic mass is 10.1. The Balaban J connectivity index is 1.92. The molecule has 1 aromatic carbocycles. The van der Waals surface area contributed by atoms with Crippen molar-refractivity contribution in [1.82, 2.24) is 10.0 Å². The number of benzene rings is 1. The number of sulfone groups is 1. The van der Waals surface area contributed by atoms with Crippen LogP contribution in [0.4, 0.5) is 0 Å². The number of pyridine rings is 1. The minimum Gasteiger partial charge on any atom is -0.322 e. The van der Waals surface area contributed by atoms with Gasteiger partial charge in [-0.2, -0.15) is 0 Å². The molecule has 1 aliphatic rings. The van der Waals surface area contributed by atoms with Gasteiger partial charge in [0.05, 0.1) is 16.1 Å². The molecule has 25 heavy (non-hydrogen) atoms. The van der Waals surface area contributed by atoms with Gasteiger partial charge in [0.25, 0.3) is 11.8 Å². The van der Waals surface area contributed by atoms with Gasteiger partial charge in [-0.05, 0) is 24.3 Å². The number of hydrogen-bond acceptors (Lipinski definition) is 7. The number of aromatic nitrogens is 1. The highest BCUT2D eigenvalue weighted by Crippen LogP contribution is 2.24. The zero-order valence-electron chi connectivity index (χ0n) is 12.6. The molecule has 0 radical (unpaired) electrons. The molecule has 0 saturated heterocycles. The molecular weight excluding hydrogens is 372 g/mol.